The topological polar surface area (TPSA) is 85.2 Å². The van der Waals surface area contributed by atoms with Crippen LogP contribution in [0, 0.1) is 6.92 Å². The third-order valence-corrected chi connectivity index (χ3v) is 4.61. The Kier molecular flexibility index (Phi) is 6.94. The van der Waals surface area contributed by atoms with Gasteiger partial charge in [0.1, 0.15) is 6.61 Å². The van der Waals surface area contributed by atoms with Crippen LogP contribution in [0.25, 0.3) is 5.69 Å². The van der Waals surface area contributed by atoms with E-state index in [-0.39, 0.29) is 30.3 Å². The highest BCUT2D eigenvalue weighted by atomic mass is 19.4. The molecule has 0 saturated carbocycles. The van der Waals surface area contributed by atoms with Crippen LogP contribution < -0.4 is 10.6 Å². The molecule has 2 N–H and O–H groups in total. The molecule has 168 valence electrons. The molecule has 0 aliphatic carbocycles. The summed E-state index contributed by atoms with van der Waals surface area (Å²) in [7, 11) is 1.42. The van der Waals surface area contributed by atoms with Crippen molar-refractivity contribution >= 4 is 17.5 Å². The highest BCUT2D eigenvalue weighted by molar-refractivity contribution is 5.95. The van der Waals surface area contributed by atoms with Crippen LogP contribution in [0.1, 0.15) is 27.2 Å². The van der Waals surface area contributed by atoms with Crippen LogP contribution in [0.15, 0.2) is 54.7 Å². The number of rotatable bonds is 7. The molecular formula is C22H21F3N4O3. The minimum absolute atomic E-state index is 0.0733. The van der Waals surface area contributed by atoms with Gasteiger partial charge in [0.25, 0.3) is 5.91 Å². The number of hydrogen-bond donors (Lipinski definition) is 2. The zero-order chi connectivity index (χ0) is 23.3. The van der Waals surface area contributed by atoms with Gasteiger partial charge >= 0.3 is 6.18 Å². The second kappa shape index (κ2) is 9.65. The quantitative estimate of drug-likeness (QED) is 0.580. The summed E-state index contributed by atoms with van der Waals surface area (Å²) in [5.74, 6) is -0.721. The minimum atomic E-state index is -4.48. The summed E-state index contributed by atoms with van der Waals surface area (Å²) < 4.78 is 45.0. The molecule has 0 aliphatic heterocycles. The SMILES string of the molecule is COCC(=O)Nc1cccc(CNC(=O)c2cnn(-c3cccc(C(F)(F)F)c3)c2C)c1. The van der Waals surface area contributed by atoms with Gasteiger partial charge in [-0.1, -0.05) is 18.2 Å². The largest absolute Gasteiger partial charge is 0.416 e. The van der Waals surface area contributed by atoms with Crippen LogP contribution in [0.4, 0.5) is 18.9 Å². The lowest BCUT2D eigenvalue weighted by molar-refractivity contribution is -0.137. The molecule has 2 amide bonds. The van der Waals surface area contributed by atoms with E-state index in [1.165, 1.54) is 30.1 Å². The molecule has 0 aliphatic rings. The number of aromatic nitrogens is 2. The minimum Gasteiger partial charge on any atom is -0.375 e. The first-order chi connectivity index (χ1) is 15.2. The number of amides is 2. The van der Waals surface area contributed by atoms with E-state index in [1.807, 2.05) is 0 Å². The van der Waals surface area contributed by atoms with Crippen molar-refractivity contribution in [3.63, 3.8) is 0 Å². The predicted octanol–water partition coefficient (Wildman–Crippen LogP) is 3.71. The fourth-order valence-electron chi connectivity index (χ4n) is 3.07. The van der Waals surface area contributed by atoms with Crippen LogP contribution in [0.3, 0.4) is 0 Å². The van der Waals surface area contributed by atoms with Crippen LogP contribution in [-0.2, 0) is 22.3 Å². The molecule has 0 unspecified atom stereocenters. The molecule has 0 atom stereocenters. The summed E-state index contributed by atoms with van der Waals surface area (Å²) in [6.07, 6.45) is -3.17. The Bertz CT molecular complexity index is 1130. The predicted molar refractivity (Wildman–Crippen MR) is 111 cm³/mol. The van der Waals surface area contributed by atoms with Crippen molar-refractivity contribution in [1.29, 1.82) is 0 Å². The molecule has 0 spiro atoms. The number of carbonyl (C=O) groups excluding carboxylic acids is 2. The van der Waals surface area contributed by atoms with Crippen molar-refractivity contribution in [3.8, 4) is 5.69 Å². The molecule has 7 nitrogen and oxygen atoms in total. The molecule has 1 heterocycles. The molecule has 0 bridgehead atoms. The lowest BCUT2D eigenvalue weighted by Crippen LogP contribution is -2.23. The van der Waals surface area contributed by atoms with Gasteiger partial charge < -0.3 is 15.4 Å². The molecule has 1 aromatic heterocycles. The van der Waals surface area contributed by atoms with Gasteiger partial charge in [0.2, 0.25) is 5.91 Å². The zero-order valence-electron chi connectivity index (χ0n) is 17.4. The van der Waals surface area contributed by atoms with E-state index < -0.39 is 17.6 Å². The lowest BCUT2D eigenvalue weighted by Gasteiger charge is -2.11. The number of nitrogens with one attached hydrogen (secondary N) is 2. The number of hydrogen-bond acceptors (Lipinski definition) is 4. The Morgan fingerprint density at radius 2 is 1.88 bits per heavy atom. The van der Waals surface area contributed by atoms with Crippen molar-refractivity contribution in [2.45, 2.75) is 19.6 Å². The fraction of sp³-hybridized carbons (Fsp3) is 0.227. The average Bonchev–Trinajstić information content (AvgIpc) is 3.13. The van der Waals surface area contributed by atoms with Gasteiger partial charge in [-0.15, -0.1) is 0 Å². The number of halogens is 3. The number of alkyl halides is 3. The fourth-order valence-corrected chi connectivity index (χ4v) is 3.07. The third kappa shape index (κ3) is 5.52. The molecule has 32 heavy (non-hydrogen) atoms. The van der Waals surface area contributed by atoms with E-state index >= 15 is 0 Å². The first-order valence-electron chi connectivity index (χ1n) is 9.57. The van der Waals surface area contributed by atoms with E-state index in [1.54, 1.807) is 31.2 Å². The molecule has 2 aromatic carbocycles. The Morgan fingerprint density at radius 3 is 2.59 bits per heavy atom. The standard InChI is InChI=1S/C22H21F3N4O3/c1-14-19(12-27-29(14)18-8-4-6-16(10-18)22(23,24)25)21(31)26-11-15-5-3-7-17(9-15)28-20(30)13-32-2/h3-10,12H,11,13H2,1-2H3,(H,26,31)(H,28,30). The Balaban J connectivity index is 1.70. The summed E-state index contributed by atoms with van der Waals surface area (Å²) in [5, 5.41) is 9.51. The van der Waals surface area contributed by atoms with Crippen molar-refractivity contribution in [1.82, 2.24) is 15.1 Å². The van der Waals surface area contributed by atoms with Crippen LogP contribution in [0.2, 0.25) is 0 Å². The van der Waals surface area contributed by atoms with E-state index in [0.29, 0.717) is 11.4 Å². The summed E-state index contributed by atoms with van der Waals surface area (Å²) in [6, 6.07) is 11.7. The van der Waals surface area contributed by atoms with Gasteiger partial charge in [-0.25, -0.2) is 4.68 Å². The highest BCUT2D eigenvalue weighted by Gasteiger charge is 2.30. The monoisotopic (exact) mass is 446 g/mol. The molecule has 0 fully saturated rings. The number of benzene rings is 2. The van der Waals surface area contributed by atoms with E-state index in [0.717, 1.165) is 17.7 Å². The summed E-state index contributed by atoms with van der Waals surface area (Å²) >= 11 is 0. The molecule has 0 radical (unpaired) electrons. The van der Waals surface area contributed by atoms with Crippen molar-refractivity contribution in [3.05, 3.63) is 77.1 Å². The zero-order valence-corrected chi connectivity index (χ0v) is 17.4. The molecule has 3 rings (SSSR count). The van der Waals surface area contributed by atoms with Gasteiger partial charge in [0, 0.05) is 19.3 Å². The number of carbonyl (C=O) groups is 2. The maximum absolute atomic E-state index is 13.0. The molecule has 0 saturated heterocycles. The van der Waals surface area contributed by atoms with Gasteiger partial charge in [0.05, 0.1) is 28.7 Å². The molecule has 3 aromatic rings. The lowest BCUT2D eigenvalue weighted by atomic mass is 10.1. The maximum atomic E-state index is 13.0. The maximum Gasteiger partial charge on any atom is 0.416 e. The van der Waals surface area contributed by atoms with E-state index in [4.69, 9.17) is 4.74 Å². The summed E-state index contributed by atoms with van der Waals surface area (Å²) in [4.78, 5) is 24.3. The van der Waals surface area contributed by atoms with E-state index in [9.17, 15) is 22.8 Å². The van der Waals surface area contributed by atoms with Crippen molar-refractivity contribution < 1.29 is 27.5 Å². The Hall–Kier alpha value is -3.66. The van der Waals surface area contributed by atoms with Crippen LogP contribution in [0.5, 0.6) is 0 Å². The van der Waals surface area contributed by atoms with E-state index in [2.05, 4.69) is 15.7 Å². The van der Waals surface area contributed by atoms with Crippen molar-refractivity contribution in [2.24, 2.45) is 0 Å². The van der Waals surface area contributed by atoms with Crippen molar-refractivity contribution in [2.75, 3.05) is 19.0 Å². The number of nitrogens with zero attached hydrogens (tertiary/aromatic N) is 2. The number of methoxy groups -OCH3 is 1. The molecule has 10 heteroatoms. The van der Waals surface area contributed by atoms with Gasteiger partial charge in [0.15, 0.2) is 0 Å². The smallest absolute Gasteiger partial charge is 0.375 e. The first-order valence-corrected chi connectivity index (χ1v) is 9.57. The third-order valence-electron chi connectivity index (χ3n) is 4.61. The van der Waals surface area contributed by atoms with Gasteiger partial charge in [-0.2, -0.15) is 18.3 Å². The van der Waals surface area contributed by atoms with Gasteiger partial charge in [-0.3, -0.25) is 9.59 Å². The summed E-state index contributed by atoms with van der Waals surface area (Å²) in [6.45, 7) is 1.71. The first kappa shape index (κ1) is 23.0. The molecular weight excluding hydrogens is 425 g/mol. The second-order valence-corrected chi connectivity index (χ2v) is 6.97. The van der Waals surface area contributed by atoms with Crippen LogP contribution >= 0.6 is 0 Å². The second-order valence-electron chi connectivity index (χ2n) is 6.97. The number of anilines is 1. The van der Waals surface area contributed by atoms with Gasteiger partial charge in [-0.05, 0) is 42.8 Å². The summed E-state index contributed by atoms with van der Waals surface area (Å²) in [5.41, 5.74) is 1.36. The Labute approximate surface area is 182 Å². The highest BCUT2D eigenvalue weighted by Crippen LogP contribution is 2.30. The number of ether oxygens (including phenoxy) is 1. The normalized spacial score (nSPS) is 11.3. The average molecular weight is 446 g/mol. The van der Waals surface area contributed by atoms with Crippen LogP contribution in [-0.4, -0.2) is 35.3 Å². The Morgan fingerprint density at radius 1 is 1.12 bits per heavy atom.